The second kappa shape index (κ2) is 6.95. The van der Waals surface area contributed by atoms with Crippen LogP contribution in [0.25, 0.3) is 0 Å². The molecule has 6 nitrogen and oxygen atoms in total. The summed E-state index contributed by atoms with van der Waals surface area (Å²) in [7, 11) is 3.12. The van der Waals surface area contributed by atoms with Gasteiger partial charge >= 0.3 is 0 Å². The molecule has 0 amide bonds. The van der Waals surface area contributed by atoms with Crippen LogP contribution in [0, 0.1) is 11.3 Å². The summed E-state index contributed by atoms with van der Waals surface area (Å²) in [5.41, 5.74) is 1.08. The number of piperazine rings is 1. The molecule has 0 unspecified atom stereocenters. The first-order valence-electron chi connectivity index (χ1n) is 6.86. The Balaban J connectivity index is 2.35. The number of hydrogen-bond acceptors (Lipinski definition) is 5. The summed E-state index contributed by atoms with van der Waals surface area (Å²) in [5.74, 6) is 2.01. The number of methoxy groups -OCH3 is 2. The first-order valence-corrected chi connectivity index (χ1v) is 6.86. The van der Waals surface area contributed by atoms with Crippen LogP contribution in [0.3, 0.4) is 0 Å². The molecule has 1 heterocycles. The molecule has 0 bridgehead atoms. The predicted molar refractivity (Wildman–Crippen MR) is 81.5 cm³/mol. The van der Waals surface area contributed by atoms with E-state index in [1.54, 1.807) is 26.4 Å². The molecule has 0 aliphatic carbocycles. The van der Waals surface area contributed by atoms with E-state index in [1.165, 1.54) is 0 Å². The fourth-order valence-electron chi connectivity index (χ4n) is 2.28. The number of benzene rings is 1. The van der Waals surface area contributed by atoms with E-state index in [0.29, 0.717) is 22.7 Å². The number of ether oxygens (including phenoxy) is 2. The highest BCUT2D eigenvalue weighted by Gasteiger charge is 2.14. The van der Waals surface area contributed by atoms with Gasteiger partial charge in [-0.05, 0) is 6.92 Å². The van der Waals surface area contributed by atoms with Crippen LogP contribution in [-0.2, 0) is 0 Å². The fourth-order valence-corrected chi connectivity index (χ4v) is 2.28. The lowest BCUT2D eigenvalue weighted by atomic mass is 10.1. The number of nitrogens with one attached hydrogen (secondary N) is 1. The van der Waals surface area contributed by atoms with Crippen LogP contribution in [0.2, 0.25) is 0 Å². The van der Waals surface area contributed by atoms with Gasteiger partial charge < -0.3 is 19.7 Å². The predicted octanol–water partition coefficient (Wildman–Crippen LogP) is 1.53. The van der Waals surface area contributed by atoms with E-state index in [4.69, 9.17) is 9.47 Å². The molecule has 0 aromatic heterocycles. The number of nitrogens with zero attached hydrogens (tertiary/aromatic N) is 3. The van der Waals surface area contributed by atoms with Gasteiger partial charge in [-0.15, -0.1) is 0 Å². The molecule has 0 atom stereocenters. The maximum atomic E-state index is 9.29. The van der Waals surface area contributed by atoms with E-state index in [-0.39, 0.29) is 0 Å². The van der Waals surface area contributed by atoms with Crippen molar-refractivity contribution in [3.8, 4) is 17.6 Å². The maximum Gasteiger partial charge on any atom is 0.162 e. The first-order chi connectivity index (χ1) is 10.2. The van der Waals surface area contributed by atoms with Crippen LogP contribution in [0.15, 0.2) is 17.1 Å². The highest BCUT2D eigenvalue weighted by Crippen LogP contribution is 2.34. The minimum absolute atomic E-state index is 0.474. The fraction of sp³-hybridized carbons (Fsp3) is 0.467. The Bertz CT molecular complexity index is 572. The van der Waals surface area contributed by atoms with Crippen LogP contribution in [-0.4, -0.2) is 51.1 Å². The summed E-state index contributed by atoms with van der Waals surface area (Å²) >= 11 is 0. The molecule has 2 rings (SSSR count). The summed E-state index contributed by atoms with van der Waals surface area (Å²) in [6.07, 6.45) is 0. The zero-order chi connectivity index (χ0) is 15.2. The van der Waals surface area contributed by atoms with Crippen molar-refractivity contribution in [1.29, 1.82) is 5.26 Å². The van der Waals surface area contributed by atoms with Gasteiger partial charge in [0, 0.05) is 38.3 Å². The molecule has 112 valence electrons. The van der Waals surface area contributed by atoms with Crippen molar-refractivity contribution in [2.45, 2.75) is 6.92 Å². The standard InChI is InChI=1S/C15H20N4O2/c1-11(19-6-4-17-5-7-19)18-13-9-15(21-3)14(20-2)8-12(13)10-16/h8-9,17H,4-7H2,1-3H3/b18-11-. The number of nitriles is 1. The maximum absolute atomic E-state index is 9.29. The smallest absolute Gasteiger partial charge is 0.162 e. The van der Waals surface area contributed by atoms with Crippen molar-refractivity contribution in [2.75, 3.05) is 40.4 Å². The van der Waals surface area contributed by atoms with Gasteiger partial charge in [0.1, 0.15) is 11.9 Å². The van der Waals surface area contributed by atoms with Crippen LogP contribution in [0.5, 0.6) is 11.5 Å². The largest absolute Gasteiger partial charge is 0.493 e. The lowest BCUT2D eigenvalue weighted by Crippen LogP contribution is -2.45. The van der Waals surface area contributed by atoms with Gasteiger partial charge in [0.2, 0.25) is 0 Å². The molecule has 1 N–H and O–H groups in total. The summed E-state index contributed by atoms with van der Waals surface area (Å²) in [6.45, 7) is 5.70. The molecular formula is C15H20N4O2. The average Bonchev–Trinajstić information content (AvgIpc) is 2.55. The zero-order valence-electron chi connectivity index (χ0n) is 12.6. The van der Waals surface area contributed by atoms with E-state index in [9.17, 15) is 5.26 Å². The Morgan fingerprint density at radius 2 is 1.86 bits per heavy atom. The Morgan fingerprint density at radius 1 is 1.24 bits per heavy atom. The van der Waals surface area contributed by atoms with Gasteiger partial charge in [0.25, 0.3) is 0 Å². The molecule has 1 aliphatic heterocycles. The summed E-state index contributed by atoms with van der Waals surface area (Å²) in [4.78, 5) is 6.80. The molecule has 1 aromatic carbocycles. The highest BCUT2D eigenvalue weighted by molar-refractivity contribution is 5.84. The van der Waals surface area contributed by atoms with Gasteiger partial charge in [-0.3, -0.25) is 0 Å². The SMILES string of the molecule is COc1cc(C#N)c(/N=C(/C)N2CCNCC2)cc1OC. The molecule has 21 heavy (non-hydrogen) atoms. The summed E-state index contributed by atoms with van der Waals surface area (Å²) in [5, 5.41) is 12.6. The molecule has 0 radical (unpaired) electrons. The van der Waals surface area contributed by atoms with Gasteiger partial charge in [-0.1, -0.05) is 0 Å². The van der Waals surface area contributed by atoms with Crippen molar-refractivity contribution in [1.82, 2.24) is 10.2 Å². The van der Waals surface area contributed by atoms with Crippen LogP contribution >= 0.6 is 0 Å². The number of hydrogen-bond donors (Lipinski definition) is 1. The summed E-state index contributed by atoms with van der Waals surface area (Å²) < 4.78 is 10.5. The minimum atomic E-state index is 0.474. The highest BCUT2D eigenvalue weighted by atomic mass is 16.5. The Kier molecular flexibility index (Phi) is 5.01. The van der Waals surface area contributed by atoms with Gasteiger partial charge in [0.15, 0.2) is 11.5 Å². The molecule has 1 saturated heterocycles. The van der Waals surface area contributed by atoms with Gasteiger partial charge in [-0.2, -0.15) is 5.26 Å². The van der Waals surface area contributed by atoms with Crippen LogP contribution < -0.4 is 14.8 Å². The number of rotatable bonds is 3. The van der Waals surface area contributed by atoms with Crippen molar-refractivity contribution in [2.24, 2.45) is 4.99 Å². The van der Waals surface area contributed by atoms with Crippen LogP contribution in [0.1, 0.15) is 12.5 Å². The second-order valence-corrected chi connectivity index (χ2v) is 4.73. The lowest BCUT2D eigenvalue weighted by Gasteiger charge is -2.28. The molecule has 0 saturated carbocycles. The van der Waals surface area contributed by atoms with E-state index in [1.807, 2.05) is 6.92 Å². The molecular weight excluding hydrogens is 268 g/mol. The second-order valence-electron chi connectivity index (χ2n) is 4.73. The third-order valence-electron chi connectivity index (χ3n) is 3.48. The monoisotopic (exact) mass is 288 g/mol. The summed E-state index contributed by atoms with van der Waals surface area (Å²) in [6, 6.07) is 5.55. The number of amidine groups is 1. The van der Waals surface area contributed by atoms with Crippen molar-refractivity contribution in [3.05, 3.63) is 17.7 Å². The van der Waals surface area contributed by atoms with Crippen molar-refractivity contribution < 1.29 is 9.47 Å². The molecule has 1 fully saturated rings. The van der Waals surface area contributed by atoms with Crippen LogP contribution in [0.4, 0.5) is 5.69 Å². The first kappa shape index (κ1) is 15.1. The molecule has 0 spiro atoms. The quantitative estimate of drug-likeness (QED) is 0.674. The van der Waals surface area contributed by atoms with E-state index in [0.717, 1.165) is 32.0 Å². The molecule has 6 heteroatoms. The Labute approximate surface area is 125 Å². The van der Waals surface area contributed by atoms with E-state index < -0.39 is 0 Å². The third kappa shape index (κ3) is 3.44. The van der Waals surface area contributed by atoms with Gasteiger partial charge in [0.05, 0.1) is 25.5 Å². The van der Waals surface area contributed by atoms with Crippen molar-refractivity contribution >= 4 is 11.5 Å². The number of aliphatic imine (C=N–C) groups is 1. The minimum Gasteiger partial charge on any atom is -0.493 e. The topological polar surface area (TPSA) is 69.9 Å². The van der Waals surface area contributed by atoms with Gasteiger partial charge in [-0.25, -0.2) is 4.99 Å². The van der Waals surface area contributed by atoms with E-state index in [2.05, 4.69) is 21.3 Å². The lowest BCUT2D eigenvalue weighted by molar-refractivity contribution is 0.354. The Morgan fingerprint density at radius 3 is 2.43 bits per heavy atom. The molecule has 1 aliphatic rings. The normalized spacial score (nSPS) is 15.5. The molecule has 1 aromatic rings. The zero-order valence-corrected chi connectivity index (χ0v) is 12.6. The Hall–Kier alpha value is -2.26. The third-order valence-corrected chi connectivity index (χ3v) is 3.48. The average molecular weight is 288 g/mol. The van der Waals surface area contributed by atoms with Crippen molar-refractivity contribution in [3.63, 3.8) is 0 Å². The van der Waals surface area contributed by atoms with E-state index >= 15 is 0 Å².